The van der Waals surface area contributed by atoms with E-state index in [0.717, 1.165) is 25.6 Å². The third kappa shape index (κ3) is 3.07. The normalized spacial score (nSPS) is 28.8. The molecule has 1 atom stereocenters. The molecule has 0 aromatic carbocycles. The van der Waals surface area contributed by atoms with Gasteiger partial charge in [-0.2, -0.15) is 5.10 Å². The molecule has 0 spiro atoms. The molecule has 1 aliphatic heterocycles. The highest BCUT2D eigenvalue weighted by Gasteiger charge is 2.42. The number of rotatable bonds is 4. The van der Waals surface area contributed by atoms with E-state index in [9.17, 15) is 0 Å². The average Bonchev–Trinajstić information content (AvgIpc) is 3.17. The summed E-state index contributed by atoms with van der Waals surface area (Å²) in [6.45, 7) is 11.3. The smallest absolute Gasteiger partial charge is 0.0764 e. The van der Waals surface area contributed by atoms with Crippen molar-refractivity contribution in [2.45, 2.75) is 58.2 Å². The van der Waals surface area contributed by atoms with E-state index >= 15 is 0 Å². The van der Waals surface area contributed by atoms with Crippen molar-refractivity contribution in [1.82, 2.24) is 20.0 Å². The molecule has 20 heavy (non-hydrogen) atoms. The van der Waals surface area contributed by atoms with Crippen LogP contribution in [0, 0.1) is 5.92 Å². The Labute approximate surface area is 122 Å². The molecule has 112 valence electrons. The molecular formula is C16H28N4. The predicted octanol–water partition coefficient (Wildman–Crippen LogP) is 2.43. The van der Waals surface area contributed by atoms with Gasteiger partial charge in [-0.05, 0) is 65.1 Å². The van der Waals surface area contributed by atoms with E-state index in [4.69, 9.17) is 5.10 Å². The van der Waals surface area contributed by atoms with Gasteiger partial charge < -0.3 is 5.32 Å². The monoisotopic (exact) mass is 276 g/mol. The molecule has 3 rings (SSSR count). The fourth-order valence-electron chi connectivity index (χ4n) is 3.38. The summed E-state index contributed by atoms with van der Waals surface area (Å²) in [7, 11) is 0. The van der Waals surface area contributed by atoms with E-state index in [2.05, 4.69) is 47.9 Å². The van der Waals surface area contributed by atoms with Crippen molar-refractivity contribution in [3.05, 3.63) is 18.0 Å². The van der Waals surface area contributed by atoms with Crippen molar-refractivity contribution < 1.29 is 0 Å². The molecule has 0 radical (unpaired) electrons. The van der Waals surface area contributed by atoms with Crippen LogP contribution in [0.3, 0.4) is 0 Å². The Kier molecular flexibility index (Phi) is 3.87. The average molecular weight is 276 g/mol. The molecule has 2 fully saturated rings. The van der Waals surface area contributed by atoms with E-state index in [1.54, 1.807) is 0 Å². The van der Waals surface area contributed by atoms with Crippen LogP contribution in [-0.4, -0.2) is 39.9 Å². The highest BCUT2D eigenvalue weighted by atomic mass is 15.3. The van der Waals surface area contributed by atoms with Crippen molar-refractivity contribution in [3.8, 4) is 0 Å². The molecule has 0 bridgehead atoms. The van der Waals surface area contributed by atoms with Gasteiger partial charge in [0.05, 0.1) is 5.69 Å². The van der Waals surface area contributed by atoms with Crippen LogP contribution >= 0.6 is 0 Å². The van der Waals surface area contributed by atoms with Crippen molar-refractivity contribution >= 4 is 0 Å². The molecule has 0 amide bonds. The van der Waals surface area contributed by atoms with Crippen LogP contribution in [0.2, 0.25) is 0 Å². The van der Waals surface area contributed by atoms with E-state index in [1.165, 1.54) is 31.5 Å². The van der Waals surface area contributed by atoms with Gasteiger partial charge in [-0.3, -0.25) is 9.58 Å². The lowest BCUT2D eigenvalue weighted by molar-refractivity contribution is 0.193. The summed E-state index contributed by atoms with van der Waals surface area (Å²) in [5.74, 6) is 0.885. The fourth-order valence-corrected chi connectivity index (χ4v) is 3.38. The lowest BCUT2D eigenvalue weighted by Gasteiger charge is -2.33. The molecular weight excluding hydrogens is 248 g/mol. The van der Waals surface area contributed by atoms with Crippen LogP contribution in [0.15, 0.2) is 12.3 Å². The van der Waals surface area contributed by atoms with Crippen LogP contribution in [0.1, 0.15) is 51.8 Å². The maximum atomic E-state index is 4.70. The maximum absolute atomic E-state index is 4.70. The van der Waals surface area contributed by atoms with Gasteiger partial charge in [0.2, 0.25) is 0 Å². The molecule has 1 aromatic heterocycles. The third-order valence-corrected chi connectivity index (χ3v) is 4.79. The minimum atomic E-state index is 0.317. The first kappa shape index (κ1) is 14.1. The van der Waals surface area contributed by atoms with Crippen LogP contribution in [-0.2, 0) is 6.54 Å². The Morgan fingerprint density at radius 3 is 2.90 bits per heavy atom. The van der Waals surface area contributed by atoms with E-state index < -0.39 is 0 Å². The van der Waals surface area contributed by atoms with Crippen LogP contribution in [0.5, 0.6) is 0 Å². The number of hydrogen-bond donors (Lipinski definition) is 1. The van der Waals surface area contributed by atoms with Gasteiger partial charge in [-0.1, -0.05) is 0 Å². The van der Waals surface area contributed by atoms with E-state index in [1.807, 2.05) is 0 Å². The molecule has 2 heterocycles. The van der Waals surface area contributed by atoms with Gasteiger partial charge in [-0.15, -0.1) is 0 Å². The minimum absolute atomic E-state index is 0.317. The van der Waals surface area contributed by atoms with Crippen molar-refractivity contribution in [2.75, 3.05) is 19.6 Å². The Morgan fingerprint density at radius 2 is 2.25 bits per heavy atom. The van der Waals surface area contributed by atoms with Crippen LogP contribution < -0.4 is 5.32 Å². The fraction of sp³-hybridized carbons (Fsp3) is 0.812. The maximum Gasteiger partial charge on any atom is 0.0764 e. The summed E-state index contributed by atoms with van der Waals surface area (Å²) in [4.78, 5) is 2.59. The molecule has 1 aromatic rings. The predicted molar refractivity (Wildman–Crippen MR) is 81.6 cm³/mol. The topological polar surface area (TPSA) is 33.1 Å². The first-order valence-corrected chi connectivity index (χ1v) is 8.08. The first-order valence-electron chi connectivity index (χ1n) is 8.08. The zero-order valence-electron chi connectivity index (χ0n) is 13.1. The summed E-state index contributed by atoms with van der Waals surface area (Å²) in [5, 5.41) is 8.49. The summed E-state index contributed by atoms with van der Waals surface area (Å²) in [6.07, 6.45) is 6.15. The Morgan fingerprint density at radius 1 is 1.45 bits per heavy atom. The zero-order chi connectivity index (χ0) is 14.2. The second kappa shape index (κ2) is 5.49. The Hall–Kier alpha value is -0.870. The Balaban J connectivity index is 1.65. The molecule has 1 unspecified atom stereocenters. The summed E-state index contributed by atoms with van der Waals surface area (Å²) in [6, 6.07) is 2.62. The lowest BCUT2D eigenvalue weighted by Crippen LogP contribution is -2.50. The second-order valence-corrected chi connectivity index (χ2v) is 7.06. The molecule has 1 aliphatic carbocycles. The van der Waals surface area contributed by atoms with Gasteiger partial charge >= 0.3 is 0 Å². The highest BCUT2D eigenvalue weighted by molar-refractivity contribution is 5.04. The number of hydrogen-bond acceptors (Lipinski definition) is 3. The van der Waals surface area contributed by atoms with E-state index in [-0.39, 0.29) is 0 Å². The first-order chi connectivity index (χ1) is 9.57. The molecule has 4 nitrogen and oxygen atoms in total. The van der Waals surface area contributed by atoms with E-state index in [0.29, 0.717) is 11.6 Å². The molecule has 1 saturated heterocycles. The largest absolute Gasteiger partial charge is 0.310 e. The molecule has 1 saturated carbocycles. The van der Waals surface area contributed by atoms with Gasteiger partial charge in [0, 0.05) is 30.9 Å². The number of nitrogens with one attached hydrogen (secondary N) is 1. The minimum Gasteiger partial charge on any atom is -0.310 e. The van der Waals surface area contributed by atoms with Crippen LogP contribution in [0.25, 0.3) is 0 Å². The highest BCUT2D eigenvalue weighted by Crippen LogP contribution is 2.40. The standard InChI is InChI=1S/C16H28N4/c1-13(2)20-10-7-15(18-20)11-19-9-4-8-17-16(3,12-19)14-5-6-14/h7,10,13-14,17H,4-6,8-9,11-12H2,1-3H3. The van der Waals surface area contributed by atoms with Gasteiger partial charge in [-0.25, -0.2) is 0 Å². The number of nitrogens with zero attached hydrogens (tertiary/aromatic N) is 3. The SMILES string of the molecule is CC(C)n1ccc(CN2CCCNC(C)(C3CC3)C2)n1. The Bertz CT molecular complexity index is 449. The molecule has 4 heteroatoms. The van der Waals surface area contributed by atoms with Gasteiger partial charge in [0.25, 0.3) is 0 Å². The summed E-state index contributed by atoms with van der Waals surface area (Å²) < 4.78 is 2.06. The zero-order valence-corrected chi connectivity index (χ0v) is 13.1. The third-order valence-electron chi connectivity index (χ3n) is 4.79. The van der Waals surface area contributed by atoms with Gasteiger partial charge in [0.1, 0.15) is 0 Å². The van der Waals surface area contributed by atoms with Crippen molar-refractivity contribution in [3.63, 3.8) is 0 Å². The molecule has 2 aliphatic rings. The molecule has 1 N–H and O–H groups in total. The van der Waals surface area contributed by atoms with Gasteiger partial charge in [0.15, 0.2) is 0 Å². The van der Waals surface area contributed by atoms with Crippen molar-refractivity contribution in [1.29, 1.82) is 0 Å². The van der Waals surface area contributed by atoms with Crippen molar-refractivity contribution in [2.24, 2.45) is 5.92 Å². The lowest BCUT2D eigenvalue weighted by atomic mass is 9.95. The number of aromatic nitrogens is 2. The second-order valence-electron chi connectivity index (χ2n) is 7.06. The summed E-state index contributed by atoms with van der Waals surface area (Å²) in [5.41, 5.74) is 1.52. The summed E-state index contributed by atoms with van der Waals surface area (Å²) >= 11 is 0. The van der Waals surface area contributed by atoms with Crippen LogP contribution in [0.4, 0.5) is 0 Å². The quantitative estimate of drug-likeness (QED) is 0.917.